The molecule has 0 aliphatic heterocycles. The van der Waals surface area contributed by atoms with Gasteiger partial charge in [0.05, 0.1) is 25.4 Å². The minimum absolute atomic E-state index is 0.00240. The zero-order valence-corrected chi connectivity index (χ0v) is 45.7. The van der Waals surface area contributed by atoms with Gasteiger partial charge in [-0.15, -0.1) is 0 Å². The van der Waals surface area contributed by atoms with Crippen molar-refractivity contribution in [1.82, 2.24) is 21.3 Å². The van der Waals surface area contributed by atoms with Gasteiger partial charge in [0, 0.05) is 38.3 Å². The van der Waals surface area contributed by atoms with Gasteiger partial charge < -0.3 is 50.8 Å². The molecule has 0 aromatic heterocycles. The Bertz CT molecular complexity index is 2500. The van der Waals surface area contributed by atoms with Crippen molar-refractivity contribution in [2.75, 3.05) is 7.11 Å². The first-order chi connectivity index (χ1) is 37.4. The van der Waals surface area contributed by atoms with E-state index in [1.165, 1.54) is 7.11 Å². The van der Waals surface area contributed by atoms with Crippen LogP contribution in [0.15, 0.2) is 91.0 Å². The maximum atomic E-state index is 14.7. The Hall–Kier alpha value is -6.17. The number of benzene rings is 3. The minimum Gasteiger partial charge on any atom is -0.481 e. The number of aliphatic hydroxyl groups is 2. The summed E-state index contributed by atoms with van der Waals surface area (Å²) >= 11 is 0. The van der Waals surface area contributed by atoms with E-state index in [0.29, 0.717) is 38.5 Å². The van der Waals surface area contributed by atoms with E-state index in [0.717, 1.165) is 36.0 Å². The number of hydrogen-bond donors (Lipinski definition) is 7. The number of carbonyl (C=O) groups excluding carboxylic acids is 6. The topological polar surface area (TPSA) is 256 Å². The van der Waals surface area contributed by atoms with Crippen molar-refractivity contribution in [3.8, 4) is 0 Å². The first-order valence-corrected chi connectivity index (χ1v) is 28.1. The van der Waals surface area contributed by atoms with Gasteiger partial charge in [-0.3, -0.25) is 33.6 Å². The molecular formula is C61H82N4O13. The van der Waals surface area contributed by atoms with E-state index < -0.39 is 71.4 Å². The van der Waals surface area contributed by atoms with Gasteiger partial charge in [0.2, 0.25) is 17.7 Å². The van der Waals surface area contributed by atoms with Crippen LogP contribution in [0.4, 0.5) is 0 Å². The zero-order valence-electron chi connectivity index (χ0n) is 45.7. The molecule has 17 heteroatoms. The number of amides is 3. The first-order valence-electron chi connectivity index (χ1n) is 28.1. The third-order valence-corrected chi connectivity index (χ3v) is 18.3. The molecule has 0 heterocycles. The monoisotopic (exact) mass is 1080 g/mol. The van der Waals surface area contributed by atoms with Crippen LogP contribution in [0.5, 0.6) is 0 Å². The van der Waals surface area contributed by atoms with Crippen LogP contribution in [-0.4, -0.2) is 100 Å². The Labute approximate surface area is 458 Å². The molecule has 3 aromatic rings. The van der Waals surface area contributed by atoms with Crippen molar-refractivity contribution in [2.45, 2.75) is 173 Å². The van der Waals surface area contributed by atoms with E-state index in [1.807, 2.05) is 78.9 Å². The van der Waals surface area contributed by atoms with Gasteiger partial charge in [0.1, 0.15) is 25.3 Å². The molecule has 3 amide bonds. The molecule has 3 aromatic carbocycles. The Morgan fingerprint density at radius 3 is 1.71 bits per heavy atom. The SMILES string of the molecule is COC(=O)CCC(C)[C@H]1CC[C@H]2[C@@H]3[C@H](O)C[C@@H]4C[C@@H](NC(=O)C(CCC(=O)OCc5ccccc5)NC(=O)C(CCC(=O)OCc5ccccc5)NC(=O)C(CCC(=O)O)NCc5ccccc5)CC[C@]4(C)[C@H]3C[C@H](O)[C@]12C. The fourth-order valence-electron chi connectivity index (χ4n) is 13.9. The number of fused-ring (bicyclic) bond motifs is 5. The molecule has 7 N–H and O–H groups in total. The number of methoxy groups -OCH3 is 1. The fourth-order valence-corrected chi connectivity index (χ4v) is 13.9. The maximum absolute atomic E-state index is 14.7. The van der Waals surface area contributed by atoms with Gasteiger partial charge >= 0.3 is 23.9 Å². The van der Waals surface area contributed by atoms with Crippen molar-refractivity contribution in [3.63, 3.8) is 0 Å². The summed E-state index contributed by atoms with van der Waals surface area (Å²) in [4.78, 5) is 93.6. The van der Waals surface area contributed by atoms with Gasteiger partial charge in [-0.2, -0.15) is 0 Å². The predicted molar refractivity (Wildman–Crippen MR) is 289 cm³/mol. The quantitative estimate of drug-likeness (QED) is 0.0326. The molecule has 4 fully saturated rings. The lowest BCUT2D eigenvalue weighted by Crippen LogP contribution is -2.63. The highest BCUT2D eigenvalue weighted by Crippen LogP contribution is 2.68. The average molecular weight is 1080 g/mol. The van der Waals surface area contributed by atoms with Crippen LogP contribution in [0, 0.1) is 46.3 Å². The molecule has 4 saturated carbocycles. The number of carboxylic acid groups (broad SMARTS) is 1. The van der Waals surface area contributed by atoms with E-state index in [2.05, 4.69) is 42.0 Å². The molecule has 0 spiro atoms. The van der Waals surface area contributed by atoms with Crippen LogP contribution >= 0.6 is 0 Å². The lowest BCUT2D eigenvalue weighted by molar-refractivity contribution is -0.202. The summed E-state index contributed by atoms with van der Waals surface area (Å²) < 4.78 is 16.0. The van der Waals surface area contributed by atoms with E-state index in [-0.39, 0.29) is 111 Å². The number of aliphatic hydroxyl groups excluding tert-OH is 2. The smallest absolute Gasteiger partial charge is 0.306 e. The highest BCUT2D eigenvalue weighted by molar-refractivity contribution is 5.93. The zero-order chi connectivity index (χ0) is 56.0. The number of carboxylic acids is 1. The number of nitrogens with one attached hydrogen (secondary N) is 4. The lowest BCUT2D eigenvalue weighted by Gasteiger charge is -2.63. The standard InChI is InChI=1S/C61H82N4O13/c1-38(20-27-53(70)76-4)44-21-22-45-56-46(34-51(67)61(44,45)3)60(2)31-30-43(32-42(60)33-50(56)66)63-58(74)48(24-28-54(71)77-36-40-16-10-6-11-17-40)65-59(75)49(25-29-55(72)78-37-41-18-12-7-13-19-41)64-57(73)47(23-26-52(68)69)62-35-39-14-8-5-9-15-39/h5-19,38,42-51,56,62,66-67H,20-37H2,1-4H3,(H,63,74)(H,64,73)(H,65,75)(H,68,69)/t38?,42-,43-,44+,45-,46-,47?,48?,49?,50+,51-,56-,60-,61+/m0/s1. The Kier molecular flexibility index (Phi) is 21.1. The molecule has 0 radical (unpaired) electrons. The highest BCUT2D eigenvalue weighted by atomic mass is 16.5. The number of aliphatic carboxylic acids is 1. The van der Waals surface area contributed by atoms with Gasteiger partial charge in [-0.25, -0.2) is 0 Å². The van der Waals surface area contributed by atoms with Crippen molar-refractivity contribution in [2.24, 2.45) is 46.3 Å². The van der Waals surface area contributed by atoms with Crippen LogP contribution in [0.1, 0.15) is 134 Å². The summed E-state index contributed by atoms with van der Waals surface area (Å²) in [6.07, 6.45) is 3.15. The van der Waals surface area contributed by atoms with Crippen molar-refractivity contribution in [3.05, 3.63) is 108 Å². The van der Waals surface area contributed by atoms with E-state index in [9.17, 15) is 48.9 Å². The minimum atomic E-state index is -1.40. The van der Waals surface area contributed by atoms with Gasteiger partial charge in [0.25, 0.3) is 0 Å². The maximum Gasteiger partial charge on any atom is 0.306 e. The van der Waals surface area contributed by atoms with Crippen molar-refractivity contribution >= 4 is 41.6 Å². The average Bonchev–Trinajstić information content (AvgIpc) is 3.74. The van der Waals surface area contributed by atoms with Crippen molar-refractivity contribution < 1.29 is 63.1 Å². The Morgan fingerprint density at radius 1 is 0.615 bits per heavy atom. The summed E-state index contributed by atoms with van der Waals surface area (Å²) in [5.74, 6) is -4.09. The molecule has 78 heavy (non-hydrogen) atoms. The molecular weight excluding hydrogens is 997 g/mol. The molecule has 4 aliphatic rings. The van der Waals surface area contributed by atoms with Crippen LogP contribution in [0.25, 0.3) is 0 Å². The Morgan fingerprint density at radius 2 is 1.14 bits per heavy atom. The fraction of sp³-hybridized carbons (Fsp3) is 0.590. The molecule has 0 bridgehead atoms. The third kappa shape index (κ3) is 15.1. The molecule has 14 atom stereocenters. The second-order valence-corrected chi connectivity index (χ2v) is 23.0. The summed E-state index contributed by atoms with van der Waals surface area (Å²) in [5.41, 5.74) is 1.71. The van der Waals surface area contributed by atoms with Crippen LogP contribution in [0.2, 0.25) is 0 Å². The number of esters is 3. The summed E-state index contributed by atoms with van der Waals surface area (Å²) in [5, 5.41) is 45.8. The van der Waals surface area contributed by atoms with Crippen molar-refractivity contribution in [1.29, 1.82) is 0 Å². The van der Waals surface area contributed by atoms with E-state index in [4.69, 9.17) is 14.2 Å². The Balaban J connectivity index is 1.06. The predicted octanol–water partition coefficient (Wildman–Crippen LogP) is 6.70. The summed E-state index contributed by atoms with van der Waals surface area (Å²) in [6.45, 7) is 6.83. The number of carbonyl (C=O) groups is 7. The summed E-state index contributed by atoms with van der Waals surface area (Å²) in [7, 11) is 1.40. The molecule has 4 unspecified atom stereocenters. The van der Waals surface area contributed by atoms with Crippen LogP contribution in [-0.2, 0) is 67.5 Å². The summed E-state index contributed by atoms with van der Waals surface area (Å²) in [6, 6.07) is 23.3. The highest BCUT2D eigenvalue weighted by Gasteiger charge is 2.66. The van der Waals surface area contributed by atoms with E-state index in [1.54, 1.807) is 12.1 Å². The molecule has 17 nitrogen and oxygen atoms in total. The molecule has 4 aliphatic carbocycles. The normalized spacial score (nSPS) is 27.7. The second kappa shape index (κ2) is 27.6. The second-order valence-electron chi connectivity index (χ2n) is 23.0. The van der Waals surface area contributed by atoms with Gasteiger partial charge in [0.15, 0.2) is 0 Å². The van der Waals surface area contributed by atoms with Crippen LogP contribution in [0.3, 0.4) is 0 Å². The molecule has 0 saturated heterocycles. The van der Waals surface area contributed by atoms with Gasteiger partial charge in [-0.1, -0.05) is 112 Å². The molecule has 7 rings (SSSR count). The first kappa shape index (κ1) is 59.5. The third-order valence-electron chi connectivity index (χ3n) is 18.3. The van der Waals surface area contributed by atoms with Crippen LogP contribution < -0.4 is 21.3 Å². The molecule has 424 valence electrons. The largest absolute Gasteiger partial charge is 0.481 e. The number of ether oxygens (including phenoxy) is 3. The van der Waals surface area contributed by atoms with E-state index >= 15 is 0 Å². The lowest BCUT2D eigenvalue weighted by atomic mass is 9.43. The number of hydrogen-bond acceptors (Lipinski definition) is 13. The number of rotatable bonds is 26. The van der Waals surface area contributed by atoms with Gasteiger partial charge in [-0.05, 0) is 134 Å².